The Labute approximate surface area is 186 Å². The van der Waals surface area contributed by atoms with Crippen LogP contribution in [0.2, 0.25) is 5.02 Å². The lowest BCUT2D eigenvalue weighted by atomic mass is 9.75. The van der Waals surface area contributed by atoms with Crippen LogP contribution in [0.3, 0.4) is 0 Å². The molecule has 0 spiro atoms. The minimum absolute atomic E-state index is 0.0877. The molecule has 0 radical (unpaired) electrons. The van der Waals surface area contributed by atoms with Crippen LogP contribution < -0.4 is 10.1 Å². The summed E-state index contributed by atoms with van der Waals surface area (Å²) < 4.78 is 5.14. The summed E-state index contributed by atoms with van der Waals surface area (Å²) >= 11 is 6.17. The Hall–Kier alpha value is -3.31. The van der Waals surface area contributed by atoms with E-state index in [1.807, 2.05) is 60.7 Å². The van der Waals surface area contributed by atoms with E-state index >= 15 is 0 Å². The van der Waals surface area contributed by atoms with Crippen LogP contribution in [0.25, 0.3) is 0 Å². The molecular formula is C25H24ClNO4. The number of carboxylic acid groups (broad SMARTS) is 1. The number of hydrogen-bond acceptors (Lipinski definition) is 3. The van der Waals surface area contributed by atoms with Crippen LogP contribution in [-0.4, -0.2) is 30.1 Å². The molecule has 0 aliphatic rings. The van der Waals surface area contributed by atoms with Crippen molar-refractivity contribution in [3.8, 4) is 5.75 Å². The molecule has 2 N–H and O–H groups in total. The third kappa shape index (κ3) is 4.89. The van der Waals surface area contributed by atoms with Gasteiger partial charge in [0, 0.05) is 6.42 Å². The van der Waals surface area contributed by atoms with Gasteiger partial charge in [-0.2, -0.15) is 0 Å². The summed E-state index contributed by atoms with van der Waals surface area (Å²) in [4.78, 5) is 25.5. The van der Waals surface area contributed by atoms with Gasteiger partial charge in [-0.15, -0.1) is 0 Å². The van der Waals surface area contributed by atoms with E-state index in [0.717, 1.165) is 11.1 Å². The predicted molar refractivity (Wildman–Crippen MR) is 121 cm³/mol. The van der Waals surface area contributed by atoms with E-state index in [0.29, 0.717) is 16.3 Å². The first-order chi connectivity index (χ1) is 14.9. The first-order valence-electron chi connectivity index (χ1n) is 9.83. The van der Waals surface area contributed by atoms with Crippen molar-refractivity contribution >= 4 is 23.5 Å². The fraction of sp³-hybridized carbons (Fsp3) is 0.200. The quantitative estimate of drug-likeness (QED) is 0.545. The Morgan fingerprint density at radius 3 is 2.00 bits per heavy atom. The van der Waals surface area contributed by atoms with E-state index in [1.165, 1.54) is 7.11 Å². The average Bonchev–Trinajstić information content (AvgIpc) is 2.79. The molecule has 31 heavy (non-hydrogen) atoms. The number of carbonyl (C=O) groups is 2. The zero-order valence-corrected chi connectivity index (χ0v) is 18.1. The number of halogens is 1. The molecule has 3 aromatic rings. The Morgan fingerprint density at radius 1 is 1.00 bits per heavy atom. The second kappa shape index (κ2) is 9.67. The first kappa shape index (κ1) is 22.4. The van der Waals surface area contributed by atoms with Crippen LogP contribution >= 0.6 is 11.6 Å². The molecule has 160 valence electrons. The van der Waals surface area contributed by atoms with Gasteiger partial charge in [0.15, 0.2) is 0 Å². The molecule has 0 unspecified atom stereocenters. The van der Waals surface area contributed by atoms with E-state index < -0.39 is 23.3 Å². The molecule has 3 aromatic carbocycles. The van der Waals surface area contributed by atoms with Gasteiger partial charge in [-0.3, -0.25) is 4.79 Å². The van der Waals surface area contributed by atoms with Gasteiger partial charge >= 0.3 is 5.97 Å². The largest absolute Gasteiger partial charge is 0.495 e. The highest BCUT2D eigenvalue weighted by molar-refractivity contribution is 6.32. The van der Waals surface area contributed by atoms with E-state index in [4.69, 9.17) is 16.3 Å². The Bertz CT molecular complexity index is 1010. The third-order valence-electron chi connectivity index (χ3n) is 5.42. The number of ether oxygens (including phenoxy) is 1. The number of methoxy groups -OCH3 is 1. The van der Waals surface area contributed by atoms with Crippen molar-refractivity contribution in [3.05, 3.63) is 101 Å². The SMILES string of the molecule is COc1ccc(C[C@@H](NC(=O)C(C)(c2ccccc2)c2ccccc2)C(=O)O)cc1Cl. The molecule has 0 heterocycles. The fourth-order valence-electron chi connectivity index (χ4n) is 3.55. The van der Waals surface area contributed by atoms with Crippen LogP contribution in [-0.2, 0) is 21.4 Å². The molecule has 1 amide bonds. The van der Waals surface area contributed by atoms with Gasteiger partial charge in [0.1, 0.15) is 11.8 Å². The van der Waals surface area contributed by atoms with Crippen molar-refractivity contribution in [1.29, 1.82) is 0 Å². The average molecular weight is 438 g/mol. The Balaban J connectivity index is 1.92. The summed E-state index contributed by atoms with van der Waals surface area (Å²) in [6, 6.07) is 22.6. The van der Waals surface area contributed by atoms with Gasteiger partial charge in [0.2, 0.25) is 5.91 Å². The van der Waals surface area contributed by atoms with Gasteiger partial charge in [0.05, 0.1) is 17.5 Å². The third-order valence-corrected chi connectivity index (χ3v) is 5.71. The van der Waals surface area contributed by atoms with Crippen LogP contribution in [0.1, 0.15) is 23.6 Å². The van der Waals surface area contributed by atoms with Gasteiger partial charge in [0.25, 0.3) is 0 Å². The van der Waals surface area contributed by atoms with Gasteiger partial charge in [-0.05, 0) is 35.7 Å². The van der Waals surface area contributed by atoms with E-state index in [2.05, 4.69) is 5.32 Å². The molecule has 0 aliphatic heterocycles. The molecule has 0 saturated heterocycles. The zero-order chi connectivity index (χ0) is 22.4. The minimum atomic E-state index is -1.12. The van der Waals surface area contributed by atoms with E-state index in [-0.39, 0.29) is 6.42 Å². The number of aliphatic carboxylic acids is 1. The molecule has 0 aromatic heterocycles. The Morgan fingerprint density at radius 2 is 1.55 bits per heavy atom. The smallest absolute Gasteiger partial charge is 0.326 e. The summed E-state index contributed by atoms with van der Waals surface area (Å²) in [6.45, 7) is 1.80. The molecule has 6 heteroatoms. The summed E-state index contributed by atoms with van der Waals surface area (Å²) in [5, 5.41) is 12.9. The number of rotatable bonds is 8. The number of hydrogen-bond donors (Lipinski definition) is 2. The summed E-state index contributed by atoms with van der Waals surface area (Å²) in [7, 11) is 1.51. The standard InChI is InChI=1S/C25H24ClNO4/c1-25(18-9-5-3-6-10-18,19-11-7-4-8-12-19)24(30)27-21(23(28)29)16-17-13-14-22(31-2)20(26)15-17/h3-15,21H,16H2,1-2H3,(H,27,30)(H,28,29)/t21-/m1/s1. The second-order valence-corrected chi connectivity index (χ2v) is 7.80. The van der Waals surface area contributed by atoms with Gasteiger partial charge in [-0.1, -0.05) is 78.3 Å². The fourth-order valence-corrected chi connectivity index (χ4v) is 3.83. The normalized spacial score (nSPS) is 12.1. The monoisotopic (exact) mass is 437 g/mol. The van der Waals surface area contributed by atoms with Crippen molar-refractivity contribution in [3.63, 3.8) is 0 Å². The maximum Gasteiger partial charge on any atom is 0.326 e. The van der Waals surface area contributed by atoms with Crippen molar-refractivity contribution < 1.29 is 19.4 Å². The van der Waals surface area contributed by atoms with E-state index in [1.54, 1.807) is 25.1 Å². The minimum Gasteiger partial charge on any atom is -0.495 e. The predicted octanol–water partition coefficient (Wildman–Crippen LogP) is 4.47. The molecule has 0 aliphatic carbocycles. The van der Waals surface area contributed by atoms with Crippen molar-refractivity contribution in [1.82, 2.24) is 5.32 Å². The molecule has 0 saturated carbocycles. The molecule has 0 fully saturated rings. The lowest BCUT2D eigenvalue weighted by molar-refractivity contribution is -0.142. The summed E-state index contributed by atoms with van der Waals surface area (Å²) in [5.41, 5.74) is 1.17. The molecule has 3 rings (SSSR count). The summed E-state index contributed by atoms with van der Waals surface area (Å²) in [6.07, 6.45) is 0.0877. The molecule has 5 nitrogen and oxygen atoms in total. The van der Waals surface area contributed by atoms with Crippen LogP contribution in [0, 0.1) is 0 Å². The molecular weight excluding hydrogens is 414 g/mol. The highest BCUT2D eigenvalue weighted by atomic mass is 35.5. The highest BCUT2D eigenvalue weighted by Gasteiger charge is 2.39. The molecule has 0 bridgehead atoms. The second-order valence-electron chi connectivity index (χ2n) is 7.39. The van der Waals surface area contributed by atoms with Gasteiger partial charge < -0.3 is 15.2 Å². The number of nitrogens with one attached hydrogen (secondary N) is 1. The van der Waals surface area contributed by atoms with Crippen molar-refractivity contribution in [2.45, 2.75) is 24.8 Å². The van der Waals surface area contributed by atoms with Crippen molar-refractivity contribution in [2.75, 3.05) is 7.11 Å². The number of carbonyl (C=O) groups excluding carboxylic acids is 1. The molecule has 1 atom stereocenters. The summed E-state index contributed by atoms with van der Waals surface area (Å²) in [5.74, 6) is -1.01. The first-order valence-corrected chi connectivity index (χ1v) is 10.2. The highest BCUT2D eigenvalue weighted by Crippen LogP contribution is 2.32. The van der Waals surface area contributed by atoms with Gasteiger partial charge in [-0.25, -0.2) is 4.79 Å². The Kier molecular flexibility index (Phi) is 6.98. The lowest BCUT2D eigenvalue weighted by Crippen LogP contribution is -2.50. The lowest BCUT2D eigenvalue weighted by Gasteiger charge is -2.31. The van der Waals surface area contributed by atoms with Crippen LogP contribution in [0.15, 0.2) is 78.9 Å². The maximum atomic E-state index is 13.5. The van der Waals surface area contributed by atoms with Crippen LogP contribution in [0.5, 0.6) is 5.75 Å². The maximum absolute atomic E-state index is 13.5. The van der Waals surface area contributed by atoms with Crippen molar-refractivity contribution in [2.24, 2.45) is 0 Å². The number of amides is 1. The topological polar surface area (TPSA) is 75.6 Å². The number of carboxylic acids is 1. The number of benzene rings is 3. The zero-order valence-electron chi connectivity index (χ0n) is 17.3. The van der Waals surface area contributed by atoms with E-state index in [9.17, 15) is 14.7 Å². The van der Waals surface area contributed by atoms with Crippen LogP contribution in [0.4, 0.5) is 0 Å².